The van der Waals surface area contributed by atoms with Crippen molar-refractivity contribution in [3.63, 3.8) is 0 Å². The van der Waals surface area contributed by atoms with E-state index >= 15 is 0 Å². The Balaban J connectivity index is 2.41. The number of esters is 1. The Kier molecular flexibility index (Phi) is 6.04. The number of carbonyl (C=O) groups excluding carboxylic acids is 1. The molecular formula is C12H19N3O3S. The van der Waals surface area contributed by atoms with Gasteiger partial charge in [0.25, 0.3) is 5.56 Å². The van der Waals surface area contributed by atoms with Gasteiger partial charge in [-0.2, -0.15) is 0 Å². The number of hydrogen-bond donors (Lipinski definition) is 2. The number of nitrogens with zero attached hydrogens (tertiary/aromatic N) is 1. The van der Waals surface area contributed by atoms with Crippen LogP contribution < -0.4 is 10.9 Å². The van der Waals surface area contributed by atoms with E-state index < -0.39 is 5.54 Å². The molecule has 2 N–H and O–H groups in total. The van der Waals surface area contributed by atoms with Crippen LogP contribution >= 0.6 is 11.8 Å². The fraction of sp³-hybridized carbons (Fsp3) is 0.583. The Morgan fingerprint density at radius 3 is 2.95 bits per heavy atom. The Hall–Kier alpha value is -1.34. The molecule has 0 radical (unpaired) electrons. The van der Waals surface area contributed by atoms with E-state index in [9.17, 15) is 9.59 Å². The lowest BCUT2D eigenvalue weighted by molar-refractivity contribution is -0.148. The van der Waals surface area contributed by atoms with Gasteiger partial charge < -0.3 is 15.0 Å². The van der Waals surface area contributed by atoms with Crippen LogP contribution in [0.2, 0.25) is 0 Å². The lowest BCUT2D eigenvalue weighted by atomic mass is 9.97. The molecular weight excluding hydrogens is 266 g/mol. The van der Waals surface area contributed by atoms with Crippen LogP contribution in [0.15, 0.2) is 22.2 Å². The number of rotatable bonds is 7. The second kappa shape index (κ2) is 7.30. The molecule has 0 bridgehead atoms. The van der Waals surface area contributed by atoms with Gasteiger partial charge in [0, 0.05) is 18.0 Å². The molecule has 6 nitrogen and oxygen atoms in total. The summed E-state index contributed by atoms with van der Waals surface area (Å²) in [4.78, 5) is 29.4. The van der Waals surface area contributed by atoms with Crippen molar-refractivity contribution in [3.05, 3.63) is 22.6 Å². The number of aromatic amines is 1. The molecule has 106 valence electrons. The van der Waals surface area contributed by atoms with Crippen molar-refractivity contribution < 1.29 is 9.53 Å². The van der Waals surface area contributed by atoms with Crippen molar-refractivity contribution in [1.82, 2.24) is 15.3 Å². The highest BCUT2D eigenvalue weighted by atomic mass is 32.2. The molecule has 0 saturated carbocycles. The summed E-state index contributed by atoms with van der Waals surface area (Å²) >= 11 is 1.46. The number of nitrogens with one attached hydrogen (secondary N) is 2. The van der Waals surface area contributed by atoms with Crippen molar-refractivity contribution in [2.45, 2.75) is 30.5 Å². The monoisotopic (exact) mass is 285 g/mol. The highest BCUT2D eigenvalue weighted by Crippen LogP contribution is 2.18. The number of aromatic nitrogens is 2. The van der Waals surface area contributed by atoms with E-state index in [4.69, 9.17) is 4.74 Å². The van der Waals surface area contributed by atoms with Gasteiger partial charge in [-0.1, -0.05) is 11.8 Å². The maximum atomic E-state index is 11.6. The van der Waals surface area contributed by atoms with Crippen molar-refractivity contribution in [2.24, 2.45) is 0 Å². The molecule has 1 atom stereocenters. The van der Waals surface area contributed by atoms with Crippen LogP contribution in [0, 0.1) is 0 Å². The molecule has 0 aromatic carbocycles. The van der Waals surface area contributed by atoms with Gasteiger partial charge in [-0.3, -0.25) is 9.59 Å². The molecule has 1 rings (SSSR count). The van der Waals surface area contributed by atoms with E-state index in [-0.39, 0.29) is 11.5 Å². The van der Waals surface area contributed by atoms with Gasteiger partial charge in [-0.15, -0.1) is 0 Å². The third-order valence-corrected chi connectivity index (χ3v) is 3.87. The summed E-state index contributed by atoms with van der Waals surface area (Å²) in [7, 11) is 3.12. The van der Waals surface area contributed by atoms with Crippen molar-refractivity contribution in [3.8, 4) is 0 Å². The van der Waals surface area contributed by atoms with Gasteiger partial charge in [0.05, 0.1) is 7.11 Å². The molecule has 0 aliphatic rings. The molecule has 19 heavy (non-hydrogen) atoms. The molecule has 0 saturated heterocycles. The Morgan fingerprint density at radius 1 is 1.63 bits per heavy atom. The van der Waals surface area contributed by atoms with Crippen LogP contribution in [0.25, 0.3) is 0 Å². The van der Waals surface area contributed by atoms with Gasteiger partial charge in [-0.25, -0.2) is 4.98 Å². The van der Waals surface area contributed by atoms with E-state index in [0.717, 1.165) is 12.2 Å². The third kappa shape index (κ3) is 4.68. The molecule has 1 unspecified atom stereocenters. The number of H-pyrrole nitrogens is 1. The number of likely N-dealkylation sites (N-methyl/N-ethyl adjacent to an activating group) is 1. The van der Waals surface area contributed by atoms with Crippen LogP contribution in [-0.2, 0) is 9.53 Å². The third-order valence-electron chi connectivity index (χ3n) is 2.90. The van der Waals surface area contributed by atoms with E-state index in [2.05, 4.69) is 15.3 Å². The number of thioether (sulfide) groups is 1. The zero-order chi connectivity index (χ0) is 14.3. The summed E-state index contributed by atoms with van der Waals surface area (Å²) in [6, 6.07) is 1.37. The molecule has 0 fully saturated rings. The fourth-order valence-corrected chi connectivity index (χ4v) is 2.36. The molecule has 1 aromatic rings. The highest BCUT2D eigenvalue weighted by molar-refractivity contribution is 7.99. The maximum absolute atomic E-state index is 11.6. The first-order valence-electron chi connectivity index (χ1n) is 5.97. The summed E-state index contributed by atoms with van der Waals surface area (Å²) in [5.41, 5.74) is -0.834. The van der Waals surface area contributed by atoms with Crippen LogP contribution in [0.5, 0.6) is 0 Å². The minimum atomic E-state index is -0.674. The second-order valence-electron chi connectivity index (χ2n) is 4.26. The van der Waals surface area contributed by atoms with Gasteiger partial charge in [0.15, 0.2) is 5.16 Å². The molecule has 7 heteroatoms. The number of ether oxygens (including phenoxy) is 1. The highest BCUT2D eigenvalue weighted by Gasteiger charge is 2.31. The van der Waals surface area contributed by atoms with E-state index in [1.165, 1.54) is 31.1 Å². The molecule has 0 spiro atoms. The standard InChI is InChI=1S/C12H19N3O3S/c1-12(13-2,10(17)18-3)6-4-8-19-11-14-7-5-9(16)15-11/h5,7,13H,4,6,8H2,1-3H3,(H,14,15,16). The largest absolute Gasteiger partial charge is 0.468 e. The zero-order valence-electron chi connectivity index (χ0n) is 11.4. The summed E-state index contributed by atoms with van der Waals surface area (Å²) in [5, 5.41) is 3.57. The average Bonchev–Trinajstić information content (AvgIpc) is 2.42. The topological polar surface area (TPSA) is 84.1 Å². The first kappa shape index (κ1) is 15.7. The first-order valence-corrected chi connectivity index (χ1v) is 6.96. The van der Waals surface area contributed by atoms with E-state index in [1.807, 2.05) is 6.92 Å². The van der Waals surface area contributed by atoms with Crippen LogP contribution in [0.4, 0.5) is 0 Å². The molecule has 0 amide bonds. The van der Waals surface area contributed by atoms with Crippen molar-refractivity contribution in [2.75, 3.05) is 19.9 Å². The molecule has 0 aliphatic heterocycles. The summed E-state index contributed by atoms with van der Waals surface area (Å²) in [6.07, 6.45) is 2.93. The van der Waals surface area contributed by atoms with E-state index in [1.54, 1.807) is 7.05 Å². The lowest BCUT2D eigenvalue weighted by Crippen LogP contribution is -2.48. The zero-order valence-corrected chi connectivity index (χ0v) is 12.2. The molecule has 0 aliphatic carbocycles. The number of hydrogen-bond acceptors (Lipinski definition) is 6. The van der Waals surface area contributed by atoms with Gasteiger partial charge >= 0.3 is 5.97 Å². The van der Waals surface area contributed by atoms with Crippen molar-refractivity contribution >= 4 is 17.7 Å². The minimum absolute atomic E-state index is 0.160. The Morgan fingerprint density at radius 2 is 2.37 bits per heavy atom. The Labute approximate surface area is 116 Å². The van der Waals surface area contributed by atoms with Crippen molar-refractivity contribution in [1.29, 1.82) is 0 Å². The first-order chi connectivity index (χ1) is 9.01. The van der Waals surface area contributed by atoms with Crippen LogP contribution in [0.3, 0.4) is 0 Å². The predicted molar refractivity (Wildman–Crippen MR) is 74.3 cm³/mol. The van der Waals surface area contributed by atoms with Crippen LogP contribution in [0.1, 0.15) is 19.8 Å². The maximum Gasteiger partial charge on any atom is 0.325 e. The van der Waals surface area contributed by atoms with Crippen LogP contribution in [-0.4, -0.2) is 41.4 Å². The van der Waals surface area contributed by atoms with Gasteiger partial charge in [0.1, 0.15) is 5.54 Å². The average molecular weight is 285 g/mol. The number of methoxy groups -OCH3 is 1. The molecule has 1 heterocycles. The predicted octanol–water partition coefficient (Wildman–Crippen LogP) is 0.793. The van der Waals surface area contributed by atoms with Gasteiger partial charge in [-0.05, 0) is 26.8 Å². The number of carbonyl (C=O) groups is 1. The Bertz CT molecular complexity index is 477. The SMILES string of the molecule is CNC(C)(CCCSc1nccc(=O)[nH]1)C(=O)OC. The second-order valence-corrected chi connectivity index (χ2v) is 5.35. The normalized spacial score (nSPS) is 13.8. The van der Waals surface area contributed by atoms with E-state index in [0.29, 0.717) is 11.6 Å². The summed E-state index contributed by atoms with van der Waals surface area (Å²) in [5.74, 6) is 0.493. The minimum Gasteiger partial charge on any atom is -0.468 e. The summed E-state index contributed by atoms with van der Waals surface area (Å²) < 4.78 is 4.77. The van der Waals surface area contributed by atoms with Gasteiger partial charge in [0.2, 0.25) is 0 Å². The fourth-order valence-electron chi connectivity index (χ4n) is 1.57. The lowest BCUT2D eigenvalue weighted by Gasteiger charge is -2.25. The summed E-state index contributed by atoms with van der Waals surface area (Å²) in [6.45, 7) is 1.81. The smallest absolute Gasteiger partial charge is 0.325 e. The molecule has 1 aromatic heterocycles. The quantitative estimate of drug-likeness (QED) is 0.333.